The summed E-state index contributed by atoms with van der Waals surface area (Å²) in [5, 5.41) is 3.08. The normalized spacial score (nSPS) is 12.4. The second-order valence-electron chi connectivity index (χ2n) is 3.87. The highest BCUT2D eigenvalue weighted by Crippen LogP contribution is 2.24. The third-order valence-electron chi connectivity index (χ3n) is 2.74. The van der Waals surface area contributed by atoms with Crippen molar-refractivity contribution in [2.75, 3.05) is 7.05 Å². The van der Waals surface area contributed by atoms with E-state index in [2.05, 4.69) is 15.3 Å². The van der Waals surface area contributed by atoms with Gasteiger partial charge in [-0.25, -0.2) is 14.4 Å². The van der Waals surface area contributed by atoms with Gasteiger partial charge in [-0.05, 0) is 19.5 Å². The van der Waals surface area contributed by atoms with E-state index >= 15 is 0 Å². The zero-order valence-electron chi connectivity index (χ0n) is 9.81. The third-order valence-corrected chi connectivity index (χ3v) is 2.74. The summed E-state index contributed by atoms with van der Waals surface area (Å²) in [5.41, 5.74) is 2.10. The second kappa shape index (κ2) is 5.01. The fourth-order valence-electron chi connectivity index (χ4n) is 1.85. The summed E-state index contributed by atoms with van der Waals surface area (Å²) < 4.78 is 14.0. The molecule has 0 spiro atoms. The van der Waals surface area contributed by atoms with Crippen LogP contribution < -0.4 is 5.32 Å². The minimum absolute atomic E-state index is 0.185. The zero-order valence-corrected chi connectivity index (χ0v) is 9.81. The molecule has 0 fully saturated rings. The van der Waals surface area contributed by atoms with Crippen molar-refractivity contribution in [3.05, 3.63) is 59.4 Å². The van der Waals surface area contributed by atoms with Crippen molar-refractivity contribution in [3.63, 3.8) is 0 Å². The number of aryl methyl sites for hydroxylation is 1. The van der Waals surface area contributed by atoms with E-state index in [9.17, 15) is 4.39 Å². The summed E-state index contributed by atoms with van der Waals surface area (Å²) in [7, 11) is 1.79. The molecule has 1 N–H and O–H groups in total. The molecule has 88 valence electrons. The highest BCUT2D eigenvalue weighted by Gasteiger charge is 2.17. The van der Waals surface area contributed by atoms with Crippen LogP contribution in [0, 0.1) is 12.7 Å². The van der Waals surface area contributed by atoms with Crippen molar-refractivity contribution in [1.29, 1.82) is 0 Å². The molecule has 0 bridgehead atoms. The molecule has 1 heterocycles. The van der Waals surface area contributed by atoms with Crippen LogP contribution in [-0.2, 0) is 0 Å². The van der Waals surface area contributed by atoms with Crippen LogP contribution in [0.2, 0.25) is 0 Å². The first kappa shape index (κ1) is 11.7. The van der Waals surface area contributed by atoms with Gasteiger partial charge in [0.15, 0.2) is 0 Å². The van der Waals surface area contributed by atoms with Gasteiger partial charge in [-0.3, -0.25) is 0 Å². The Morgan fingerprint density at radius 1 is 1.24 bits per heavy atom. The second-order valence-corrected chi connectivity index (χ2v) is 3.87. The van der Waals surface area contributed by atoms with Crippen molar-refractivity contribution in [3.8, 4) is 0 Å². The van der Waals surface area contributed by atoms with E-state index in [1.807, 2.05) is 6.07 Å². The van der Waals surface area contributed by atoms with Gasteiger partial charge in [0.05, 0.1) is 6.04 Å². The molecular weight excluding hydrogens is 217 g/mol. The maximum absolute atomic E-state index is 14.0. The van der Waals surface area contributed by atoms with Crippen LogP contribution in [0.5, 0.6) is 0 Å². The molecule has 1 unspecified atom stereocenters. The van der Waals surface area contributed by atoms with Crippen molar-refractivity contribution in [1.82, 2.24) is 15.3 Å². The molecule has 1 aromatic heterocycles. The summed E-state index contributed by atoms with van der Waals surface area (Å²) in [6, 6.07) is 5.15. The van der Waals surface area contributed by atoms with Gasteiger partial charge < -0.3 is 5.32 Å². The SMILES string of the molecule is CNC(c1cncnc1)c1cccc(C)c1F. The first-order valence-electron chi connectivity index (χ1n) is 5.41. The Bertz CT molecular complexity index is 499. The van der Waals surface area contributed by atoms with Crippen LogP contribution in [-0.4, -0.2) is 17.0 Å². The number of hydrogen-bond acceptors (Lipinski definition) is 3. The van der Waals surface area contributed by atoms with Crippen molar-refractivity contribution in [2.45, 2.75) is 13.0 Å². The van der Waals surface area contributed by atoms with E-state index in [-0.39, 0.29) is 11.9 Å². The fourth-order valence-corrected chi connectivity index (χ4v) is 1.85. The van der Waals surface area contributed by atoms with Gasteiger partial charge in [0.1, 0.15) is 12.1 Å². The van der Waals surface area contributed by atoms with Gasteiger partial charge in [-0.1, -0.05) is 18.2 Å². The average Bonchev–Trinajstić information content (AvgIpc) is 2.37. The lowest BCUT2D eigenvalue weighted by Crippen LogP contribution is -2.19. The summed E-state index contributed by atoms with van der Waals surface area (Å²) in [6.45, 7) is 1.76. The van der Waals surface area contributed by atoms with Crippen LogP contribution in [0.3, 0.4) is 0 Å². The average molecular weight is 231 g/mol. The fraction of sp³-hybridized carbons (Fsp3) is 0.231. The first-order chi connectivity index (χ1) is 8.24. The van der Waals surface area contributed by atoms with Gasteiger partial charge in [0, 0.05) is 23.5 Å². The third kappa shape index (κ3) is 2.31. The Morgan fingerprint density at radius 2 is 1.94 bits per heavy atom. The van der Waals surface area contributed by atoms with Crippen LogP contribution in [0.25, 0.3) is 0 Å². The Kier molecular flexibility index (Phi) is 3.44. The smallest absolute Gasteiger partial charge is 0.131 e. The van der Waals surface area contributed by atoms with E-state index in [4.69, 9.17) is 0 Å². The molecule has 0 aliphatic heterocycles. The molecule has 4 heteroatoms. The van der Waals surface area contributed by atoms with Crippen LogP contribution in [0.4, 0.5) is 4.39 Å². The largest absolute Gasteiger partial charge is 0.309 e. The first-order valence-corrected chi connectivity index (χ1v) is 5.41. The van der Waals surface area contributed by atoms with Gasteiger partial charge in [0.2, 0.25) is 0 Å². The minimum Gasteiger partial charge on any atom is -0.309 e. The standard InChI is InChI=1S/C13H14FN3/c1-9-4-3-5-11(12(9)14)13(15-2)10-6-16-8-17-7-10/h3-8,13,15H,1-2H3. The Labute approximate surface area is 99.7 Å². The van der Waals surface area contributed by atoms with E-state index in [0.29, 0.717) is 11.1 Å². The lowest BCUT2D eigenvalue weighted by Gasteiger charge is -2.17. The van der Waals surface area contributed by atoms with Gasteiger partial charge >= 0.3 is 0 Å². The van der Waals surface area contributed by atoms with Gasteiger partial charge in [0.25, 0.3) is 0 Å². The molecule has 0 amide bonds. The van der Waals surface area contributed by atoms with Crippen molar-refractivity contribution >= 4 is 0 Å². The quantitative estimate of drug-likeness (QED) is 0.880. The maximum Gasteiger partial charge on any atom is 0.131 e. The summed E-state index contributed by atoms with van der Waals surface area (Å²) in [6.07, 6.45) is 4.84. The summed E-state index contributed by atoms with van der Waals surface area (Å²) >= 11 is 0. The van der Waals surface area contributed by atoms with E-state index in [0.717, 1.165) is 5.56 Å². The van der Waals surface area contributed by atoms with Gasteiger partial charge in [-0.15, -0.1) is 0 Å². The van der Waals surface area contributed by atoms with Crippen LogP contribution in [0.1, 0.15) is 22.7 Å². The van der Waals surface area contributed by atoms with Crippen molar-refractivity contribution in [2.24, 2.45) is 0 Å². The van der Waals surface area contributed by atoms with Gasteiger partial charge in [-0.2, -0.15) is 0 Å². The number of nitrogens with one attached hydrogen (secondary N) is 1. The van der Waals surface area contributed by atoms with Crippen molar-refractivity contribution < 1.29 is 4.39 Å². The number of halogens is 1. The molecule has 0 saturated heterocycles. The zero-order chi connectivity index (χ0) is 12.3. The number of benzene rings is 1. The molecule has 3 nitrogen and oxygen atoms in total. The molecule has 2 aromatic rings. The van der Waals surface area contributed by atoms with E-state index < -0.39 is 0 Å². The van der Waals surface area contributed by atoms with E-state index in [1.54, 1.807) is 38.5 Å². The number of hydrogen-bond donors (Lipinski definition) is 1. The van der Waals surface area contributed by atoms with Crippen LogP contribution in [0.15, 0.2) is 36.9 Å². The Hall–Kier alpha value is -1.81. The predicted molar refractivity (Wildman–Crippen MR) is 64.1 cm³/mol. The van der Waals surface area contributed by atoms with Crippen LogP contribution >= 0.6 is 0 Å². The minimum atomic E-state index is -0.226. The molecule has 2 rings (SSSR count). The molecule has 17 heavy (non-hydrogen) atoms. The highest BCUT2D eigenvalue weighted by molar-refractivity contribution is 5.33. The topological polar surface area (TPSA) is 37.8 Å². The molecule has 0 radical (unpaired) electrons. The molecular formula is C13H14FN3. The predicted octanol–water partition coefficient (Wildman–Crippen LogP) is 2.23. The maximum atomic E-state index is 14.0. The van der Waals surface area contributed by atoms with E-state index in [1.165, 1.54) is 6.33 Å². The number of rotatable bonds is 3. The number of aromatic nitrogens is 2. The molecule has 1 aromatic carbocycles. The Balaban J connectivity index is 2.46. The lowest BCUT2D eigenvalue weighted by atomic mass is 9.99. The molecule has 0 aliphatic rings. The Morgan fingerprint density at radius 3 is 2.59 bits per heavy atom. The summed E-state index contributed by atoms with van der Waals surface area (Å²) in [4.78, 5) is 7.92. The molecule has 1 atom stereocenters. The molecule has 0 saturated carbocycles. The molecule has 0 aliphatic carbocycles. The lowest BCUT2D eigenvalue weighted by molar-refractivity contribution is 0.568. The number of nitrogens with zero attached hydrogens (tertiary/aromatic N) is 2. The monoisotopic (exact) mass is 231 g/mol. The highest BCUT2D eigenvalue weighted by atomic mass is 19.1. The summed E-state index contributed by atoms with van der Waals surface area (Å²) in [5.74, 6) is -0.185.